The van der Waals surface area contributed by atoms with Crippen LogP contribution in [0.4, 0.5) is 8.63 Å². The summed E-state index contributed by atoms with van der Waals surface area (Å²) in [6, 6.07) is 7.52. The summed E-state index contributed by atoms with van der Waals surface area (Å²) >= 11 is 0. The number of allylic oxidation sites excluding steroid dienone is 2. The van der Waals surface area contributed by atoms with Crippen LogP contribution in [0.1, 0.15) is 87.4 Å². The number of para-hydroxylation sites is 1. The highest BCUT2D eigenvalue weighted by Crippen LogP contribution is 2.42. The minimum atomic E-state index is -2.79. The molecule has 192 valence electrons. The molecule has 1 aliphatic heterocycles. The van der Waals surface area contributed by atoms with Gasteiger partial charge in [-0.15, -0.1) is 12.8 Å². The second kappa shape index (κ2) is 12.6. The van der Waals surface area contributed by atoms with Gasteiger partial charge in [0, 0.05) is 28.1 Å². The van der Waals surface area contributed by atoms with Crippen molar-refractivity contribution >= 4 is 18.7 Å². The van der Waals surface area contributed by atoms with Crippen molar-refractivity contribution in [2.75, 3.05) is 6.61 Å². The molecule has 3 rings (SSSR count). The van der Waals surface area contributed by atoms with Gasteiger partial charge in [0.1, 0.15) is 5.75 Å². The van der Waals surface area contributed by atoms with E-state index >= 15 is 0 Å². The highest BCUT2D eigenvalue weighted by Gasteiger charge is 2.33. The summed E-state index contributed by atoms with van der Waals surface area (Å²) in [6.07, 6.45) is 18.4. The summed E-state index contributed by atoms with van der Waals surface area (Å²) in [7, 11) is -2.79. The second-order valence-electron chi connectivity index (χ2n) is 9.40. The Hall–Kier alpha value is -3.51. The summed E-state index contributed by atoms with van der Waals surface area (Å²) in [5.74, 6) is 5.93. The Morgan fingerprint density at radius 3 is 2.30 bits per heavy atom. The largest absolute Gasteiger partial charge is 0.677 e. The first kappa shape index (κ1) is 28.1. The average Bonchev–Trinajstić information content (AvgIpc) is 3.30. The highest BCUT2D eigenvalue weighted by molar-refractivity contribution is 6.41. The van der Waals surface area contributed by atoms with E-state index in [9.17, 15) is 8.63 Å². The van der Waals surface area contributed by atoms with Crippen LogP contribution in [0.15, 0.2) is 46.1 Å². The number of nitrogens with zero attached hydrogens (tertiary/aromatic N) is 2. The maximum absolute atomic E-state index is 14.5. The number of aromatic nitrogens is 1. The van der Waals surface area contributed by atoms with Crippen molar-refractivity contribution in [1.29, 1.82) is 0 Å². The molecule has 0 unspecified atom stereocenters. The average molecular weight is 500 g/mol. The lowest BCUT2D eigenvalue weighted by molar-refractivity contribution is 0.303. The van der Waals surface area contributed by atoms with Crippen LogP contribution in [0, 0.1) is 38.5 Å². The molecule has 37 heavy (non-hydrogen) atoms. The Kier molecular flexibility index (Phi) is 9.59. The van der Waals surface area contributed by atoms with Gasteiger partial charge in [0.15, 0.2) is 0 Å². The molecule has 0 saturated carbocycles. The first-order chi connectivity index (χ1) is 17.8. The van der Waals surface area contributed by atoms with Crippen molar-refractivity contribution in [3.05, 3.63) is 69.2 Å². The highest BCUT2D eigenvalue weighted by atomic mass is 19.2. The third kappa shape index (κ3) is 5.75. The van der Waals surface area contributed by atoms with Crippen LogP contribution in [0.25, 0.3) is 5.57 Å². The molecule has 2 heterocycles. The molecule has 0 N–H and O–H groups in total. The van der Waals surface area contributed by atoms with Crippen LogP contribution in [0.2, 0.25) is 0 Å². The topological polar surface area (TPSA) is 26.5 Å². The predicted octanol–water partition coefficient (Wildman–Crippen LogP) is 7.78. The van der Waals surface area contributed by atoms with Crippen LogP contribution in [0.5, 0.6) is 5.75 Å². The first-order valence-corrected chi connectivity index (χ1v) is 12.9. The molecular formula is C31H35BF2N2O. The lowest BCUT2D eigenvalue weighted by Gasteiger charge is -2.19. The van der Waals surface area contributed by atoms with Gasteiger partial charge >= 0.3 is 7.40 Å². The predicted molar refractivity (Wildman–Crippen MR) is 151 cm³/mol. The molecule has 3 nitrogen and oxygen atoms in total. The normalized spacial score (nSPS) is 14.4. The summed E-state index contributed by atoms with van der Waals surface area (Å²) < 4.78 is 36.3. The van der Waals surface area contributed by atoms with Gasteiger partial charge in [-0.3, -0.25) is 13.6 Å². The van der Waals surface area contributed by atoms with E-state index in [1.54, 1.807) is 13.8 Å². The lowest BCUT2D eigenvalue weighted by Crippen LogP contribution is -2.19. The van der Waals surface area contributed by atoms with Crippen molar-refractivity contribution in [2.45, 2.75) is 73.1 Å². The third-order valence-corrected chi connectivity index (χ3v) is 6.94. The van der Waals surface area contributed by atoms with Crippen LogP contribution >= 0.6 is 0 Å². The van der Waals surface area contributed by atoms with E-state index in [4.69, 9.17) is 22.6 Å². The minimum absolute atomic E-state index is 0.334. The third-order valence-electron chi connectivity index (χ3n) is 6.94. The van der Waals surface area contributed by atoms with Crippen LogP contribution in [-0.4, -0.2) is 24.2 Å². The monoisotopic (exact) mass is 500 g/mol. The smallest absolute Gasteiger partial charge is 0.493 e. The molecule has 1 aromatic carbocycles. The maximum Gasteiger partial charge on any atom is 0.677 e. The Bertz CT molecular complexity index is 1330. The van der Waals surface area contributed by atoms with Gasteiger partial charge in [-0.05, 0) is 51.3 Å². The summed E-state index contributed by atoms with van der Waals surface area (Å²) in [5, 5.41) is 0. The number of unbranched alkanes of at least 4 members (excludes halogenated alkanes) is 5. The van der Waals surface area contributed by atoms with Gasteiger partial charge in [-0.1, -0.05) is 69.1 Å². The Labute approximate surface area is 220 Å². The van der Waals surface area contributed by atoms with Gasteiger partial charge < -0.3 is 9.21 Å². The van der Waals surface area contributed by atoms with Crippen molar-refractivity contribution in [3.63, 3.8) is 0 Å². The Morgan fingerprint density at radius 1 is 1.00 bits per heavy atom. The molecule has 0 saturated heterocycles. The zero-order valence-corrected chi connectivity index (χ0v) is 22.5. The van der Waals surface area contributed by atoms with Crippen LogP contribution < -0.4 is 4.74 Å². The van der Waals surface area contributed by atoms with E-state index in [0.29, 0.717) is 63.0 Å². The molecule has 0 fully saturated rings. The zero-order valence-electron chi connectivity index (χ0n) is 22.5. The number of rotatable bonds is 11. The van der Waals surface area contributed by atoms with Gasteiger partial charge in [0.05, 0.1) is 23.6 Å². The molecule has 0 amide bonds. The number of benzene rings is 1. The van der Waals surface area contributed by atoms with Crippen molar-refractivity contribution in [2.24, 2.45) is 4.99 Å². The van der Waals surface area contributed by atoms with Gasteiger partial charge in [-0.25, -0.2) is 0 Å². The molecular weight excluding hydrogens is 465 g/mol. The van der Waals surface area contributed by atoms with Crippen molar-refractivity contribution < 1.29 is 13.4 Å². The summed E-state index contributed by atoms with van der Waals surface area (Å²) in [6.45, 7) is 9.86. The van der Waals surface area contributed by atoms with Crippen molar-refractivity contribution in [1.82, 2.24) is 4.48 Å². The summed E-state index contributed by atoms with van der Waals surface area (Å²) in [4.78, 5) is 4.77. The molecule has 1 aliphatic rings. The quantitative estimate of drug-likeness (QED) is 0.176. The Balaban J connectivity index is 2.19. The summed E-state index contributed by atoms with van der Waals surface area (Å²) in [5.41, 5.74) is 5.63. The molecule has 6 heteroatoms. The SMILES string of the molecule is C#CC1=C(C)/C(=C(\c2ccccc2OCCCCCCCC)c2c(C)c(C#C)c(C)n2B(F)F)N=C1C. The second-order valence-corrected chi connectivity index (χ2v) is 9.40. The number of halogens is 2. The molecule has 1 aromatic heterocycles. The maximum atomic E-state index is 14.5. The fourth-order valence-electron chi connectivity index (χ4n) is 5.01. The van der Waals surface area contributed by atoms with E-state index in [2.05, 4.69) is 18.8 Å². The van der Waals surface area contributed by atoms with Crippen molar-refractivity contribution in [3.8, 4) is 30.4 Å². The number of terminal acetylenes is 2. The van der Waals surface area contributed by atoms with E-state index in [-0.39, 0.29) is 0 Å². The van der Waals surface area contributed by atoms with E-state index < -0.39 is 7.40 Å². The molecule has 0 spiro atoms. The van der Waals surface area contributed by atoms with E-state index in [1.807, 2.05) is 38.1 Å². The van der Waals surface area contributed by atoms with Gasteiger partial charge in [0.25, 0.3) is 0 Å². The number of aliphatic imine (C=N–C) groups is 1. The number of hydrogen-bond donors (Lipinski definition) is 0. The standard InChI is InChI=1S/C31H35BF2N2O/c1-8-11-12-13-14-17-20-37-28-19-16-15-18-27(28)29(30-21(4)25(9-2)23(6)35-30)31-22(5)26(10-3)24(7)36(31)32(33)34/h2-3,15-16,18-19H,8,11-14,17,20H2,1,4-7H3/b30-29-. The number of ether oxygens (including phenoxy) is 1. The fourth-order valence-corrected chi connectivity index (χ4v) is 5.01. The zero-order chi connectivity index (χ0) is 27.1. The molecule has 0 atom stereocenters. The minimum Gasteiger partial charge on any atom is -0.493 e. The van der Waals surface area contributed by atoms with Gasteiger partial charge in [0.2, 0.25) is 0 Å². The lowest BCUT2D eigenvalue weighted by atomic mass is 9.92. The van der Waals surface area contributed by atoms with Gasteiger partial charge in [-0.2, -0.15) is 0 Å². The Morgan fingerprint density at radius 2 is 1.68 bits per heavy atom. The van der Waals surface area contributed by atoms with Crippen LogP contribution in [-0.2, 0) is 0 Å². The number of hydrogen-bond acceptors (Lipinski definition) is 2. The molecule has 0 bridgehead atoms. The van der Waals surface area contributed by atoms with E-state index in [0.717, 1.165) is 22.9 Å². The molecule has 0 aliphatic carbocycles. The fraction of sp³-hybridized carbons (Fsp3) is 0.387. The van der Waals surface area contributed by atoms with E-state index in [1.165, 1.54) is 25.7 Å². The molecule has 0 radical (unpaired) electrons. The molecule has 2 aromatic rings. The first-order valence-electron chi connectivity index (χ1n) is 12.9. The van der Waals surface area contributed by atoms with Crippen LogP contribution in [0.3, 0.4) is 0 Å².